The molecule has 1 aliphatic rings. The van der Waals surface area contributed by atoms with Gasteiger partial charge in [-0.05, 0) is 31.5 Å². The van der Waals surface area contributed by atoms with Gasteiger partial charge >= 0.3 is 5.97 Å². The van der Waals surface area contributed by atoms with Gasteiger partial charge in [0.15, 0.2) is 0 Å². The number of esters is 1. The first-order valence-corrected chi connectivity index (χ1v) is 6.15. The molecule has 3 nitrogen and oxygen atoms in total. The average molecular weight is 272 g/mol. The van der Waals surface area contributed by atoms with Crippen LogP contribution in [0.4, 0.5) is 4.39 Å². The van der Waals surface area contributed by atoms with Gasteiger partial charge in [0.1, 0.15) is 17.5 Å². The third-order valence-corrected chi connectivity index (χ3v) is 3.18. The van der Waals surface area contributed by atoms with Gasteiger partial charge in [0.25, 0.3) is 0 Å². The molecule has 0 amide bonds. The van der Waals surface area contributed by atoms with E-state index in [1.165, 1.54) is 6.07 Å². The number of halogens is 2. The predicted octanol–water partition coefficient (Wildman–Crippen LogP) is 2.66. The Kier molecular flexibility index (Phi) is 3.59. The van der Waals surface area contributed by atoms with Crippen LogP contribution in [0.1, 0.15) is 25.8 Å². The van der Waals surface area contributed by atoms with Gasteiger partial charge in [-0.3, -0.25) is 4.79 Å². The maximum absolute atomic E-state index is 13.0. The number of hydrogen-bond acceptors (Lipinski definition) is 3. The molecule has 0 spiro atoms. The third kappa shape index (κ3) is 3.00. The zero-order valence-corrected chi connectivity index (χ0v) is 11.1. The standard InChI is InChI=1S/C13H15ClFNO2/c1-13(2)6-11(12(17)18-13)16-7-8-3-4-10(15)9(14)5-8/h3-5,11,16H,6-7H2,1-2H3/t11-/m1/s1. The summed E-state index contributed by atoms with van der Waals surface area (Å²) in [6, 6.07) is 4.19. The Hall–Kier alpha value is -1.13. The SMILES string of the molecule is CC1(C)C[C@@H](NCc2ccc(F)c(Cl)c2)C(=O)O1. The van der Waals surface area contributed by atoms with E-state index in [4.69, 9.17) is 16.3 Å². The molecule has 0 bridgehead atoms. The van der Waals surface area contributed by atoms with Crippen LogP contribution in [0.15, 0.2) is 18.2 Å². The zero-order valence-electron chi connectivity index (χ0n) is 10.3. The molecule has 1 atom stereocenters. The summed E-state index contributed by atoms with van der Waals surface area (Å²) in [5, 5.41) is 3.18. The lowest BCUT2D eigenvalue weighted by molar-refractivity contribution is -0.147. The molecule has 1 heterocycles. The Bertz CT molecular complexity index is 476. The van der Waals surface area contributed by atoms with Crippen LogP contribution in [0.3, 0.4) is 0 Å². The van der Waals surface area contributed by atoms with Crippen molar-refractivity contribution in [3.63, 3.8) is 0 Å². The van der Waals surface area contributed by atoms with Crippen molar-refractivity contribution >= 4 is 17.6 Å². The van der Waals surface area contributed by atoms with E-state index in [-0.39, 0.29) is 17.0 Å². The number of hydrogen-bond donors (Lipinski definition) is 1. The quantitative estimate of drug-likeness (QED) is 0.859. The topological polar surface area (TPSA) is 38.3 Å². The molecule has 1 aromatic carbocycles. The van der Waals surface area contributed by atoms with E-state index in [0.717, 1.165) is 5.56 Å². The summed E-state index contributed by atoms with van der Waals surface area (Å²) in [4.78, 5) is 11.6. The van der Waals surface area contributed by atoms with Crippen molar-refractivity contribution in [1.29, 1.82) is 0 Å². The summed E-state index contributed by atoms with van der Waals surface area (Å²) in [5.41, 5.74) is 0.411. The molecule has 1 aliphatic heterocycles. The molecule has 0 aromatic heterocycles. The summed E-state index contributed by atoms with van der Waals surface area (Å²) in [6.07, 6.45) is 0.626. The molecule has 1 aromatic rings. The molecule has 2 rings (SSSR count). The van der Waals surface area contributed by atoms with Crippen molar-refractivity contribution in [2.24, 2.45) is 0 Å². The second-order valence-corrected chi connectivity index (χ2v) is 5.47. The second kappa shape index (κ2) is 4.86. The van der Waals surface area contributed by atoms with Crippen molar-refractivity contribution < 1.29 is 13.9 Å². The Morgan fingerprint density at radius 3 is 2.83 bits per heavy atom. The van der Waals surface area contributed by atoms with E-state index in [1.54, 1.807) is 12.1 Å². The Balaban J connectivity index is 1.96. The molecule has 18 heavy (non-hydrogen) atoms. The Labute approximate surface area is 110 Å². The minimum atomic E-state index is -0.443. The molecule has 0 aliphatic carbocycles. The summed E-state index contributed by atoms with van der Waals surface area (Å²) in [7, 11) is 0. The number of carbonyl (C=O) groups is 1. The lowest BCUT2D eigenvalue weighted by Crippen LogP contribution is -2.32. The van der Waals surface area contributed by atoms with Crippen molar-refractivity contribution in [2.75, 3.05) is 0 Å². The summed E-state index contributed by atoms with van der Waals surface area (Å²) in [6.45, 7) is 4.21. The summed E-state index contributed by atoms with van der Waals surface area (Å²) < 4.78 is 18.2. The molecule has 98 valence electrons. The normalized spacial score (nSPS) is 22.0. The van der Waals surface area contributed by atoms with Gasteiger partial charge in [0, 0.05) is 13.0 Å². The van der Waals surface area contributed by atoms with Crippen molar-refractivity contribution in [2.45, 2.75) is 38.5 Å². The fourth-order valence-electron chi connectivity index (χ4n) is 2.01. The number of ether oxygens (including phenoxy) is 1. The highest BCUT2D eigenvalue weighted by Crippen LogP contribution is 2.26. The van der Waals surface area contributed by atoms with Crippen LogP contribution in [-0.4, -0.2) is 17.6 Å². The van der Waals surface area contributed by atoms with E-state index in [2.05, 4.69) is 5.32 Å². The van der Waals surface area contributed by atoms with Gasteiger partial charge in [-0.15, -0.1) is 0 Å². The highest BCUT2D eigenvalue weighted by Gasteiger charge is 2.39. The van der Waals surface area contributed by atoms with Gasteiger partial charge < -0.3 is 10.1 Å². The number of benzene rings is 1. The Morgan fingerprint density at radius 2 is 2.28 bits per heavy atom. The number of nitrogens with one attached hydrogen (secondary N) is 1. The van der Waals surface area contributed by atoms with Crippen LogP contribution in [-0.2, 0) is 16.1 Å². The first-order valence-electron chi connectivity index (χ1n) is 5.77. The van der Waals surface area contributed by atoms with E-state index in [1.807, 2.05) is 13.8 Å². The summed E-state index contributed by atoms with van der Waals surface area (Å²) in [5.74, 6) is -0.685. The predicted molar refractivity (Wildman–Crippen MR) is 66.8 cm³/mol. The lowest BCUT2D eigenvalue weighted by Gasteiger charge is -2.14. The van der Waals surface area contributed by atoms with E-state index < -0.39 is 11.4 Å². The van der Waals surface area contributed by atoms with E-state index >= 15 is 0 Å². The van der Waals surface area contributed by atoms with Crippen LogP contribution in [0.5, 0.6) is 0 Å². The van der Waals surface area contributed by atoms with Crippen LogP contribution >= 0.6 is 11.6 Å². The molecule has 5 heteroatoms. The smallest absolute Gasteiger partial charge is 0.323 e. The molecular weight excluding hydrogens is 257 g/mol. The third-order valence-electron chi connectivity index (χ3n) is 2.89. The highest BCUT2D eigenvalue weighted by atomic mass is 35.5. The number of carbonyl (C=O) groups excluding carboxylic acids is 1. The largest absolute Gasteiger partial charge is 0.458 e. The van der Waals surface area contributed by atoms with Crippen LogP contribution in [0.25, 0.3) is 0 Å². The Morgan fingerprint density at radius 1 is 1.56 bits per heavy atom. The summed E-state index contributed by atoms with van der Waals surface area (Å²) >= 11 is 5.69. The molecule has 1 N–H and O–H groups in total. The molecule has 1 saturated heterocycles. The van der Waals surface area contributed by atoms with Crippen molar-refractivity contribution in [3.05, 3.63) is 34.6 Å². The first kappa shape index (κ1) is 13.3. The fourth-order valence-corrected chi connectivity index (χ4v) is 2.21. The van der Waals surface area contributed by atoms with Gasteiger partial charge in [0.05, 0.1) is 5.02 Å². The maximum atomic E-state index is 13.0. The molecule has 0 radical (unpaired) electrons. The minimum absolute atomic E-state index is 0.0867. The zero-order chi connectivity index (χ0) is 13.3. The van der Waals surface area contributed by atoms with Gasteiger partial charge in [-0.25, -0.2) is 4.39 Å². The van der Waals surface area contributed by atoms with Crippen molar-refractivity contribution in [1.82, 2.24) is 5.32 Å². The first-order chi connectivity index (χ1) is 8.37. The highest BCUT2D eigenvalue weighted by molar-refractivity contribution is 6.30. The van der Waals surface area contributed by atoms with Crippen LogP contribution < -0.4 is 5.32 Å². The molecule has 0 unspecified atom stereocenters. The van der Waals surface area contributed by atoms with Crippen molar-refractivity contribution in [3.8, 4) is 0 Å². The average Bonchev–Trinajstić information content (AvgIpc) is 2.53. The lowest BCUT2D eigenvalue weighted by atomic mass is 10.0. The monoisotopic (exact) mass is 271 g/mol. The van der Waals surface area contributed by atoms with Gasteiger partial charge in [-0.2, -0.15) is 0 Å². The van der Waals surface area contributed by atoms with E-state index in [0.29, 0.717) is 13.0 Å². The van der Waals surface area contributed by atoms with Gasteiger partial charge in [-0.1, -0.05) is 17.7 Å². The number of rotatable bonds is 3. The van der Waals surface area contributed by atoms with E-state index in [9.17, 15) is 9.18 Å². The van der Waals surface area contributed by atoms with Crippen LogP contribution in [0, 0.1) is 5.82 Å². The molecular formula is C13H15ClFNO2. The number of cyclic esters (lactones) is 1. The molecule has 0 saturated carbocycles. The van der Waals surface area contributed by atoms with Crippen LogP contribution in [0.2, 0.25) is 5.02 Å². The molecule has 1 fully saturated rings. The second-order valence-electron chi connectivity index (χ2n) is 5.07. The maximum Gasteiger partial charge on any atom is 0.323 e. The van der Waals surface area contributed by atoms with Gasteiger partial charge in [0.2, 0.25) is 0 Å². The fraction of sp³-hybridized carbons (Fsp3) is 0.462. The minimum Gasteiger partial charge on any atom is -0.458 e.